The van der Waals surface area contributed by atoms with Gasteiger partial charge in [0, 0.05) is 37.3 Å². The van der Waals surface area contributed by atoms with E-state index in [9.17, 15) is 9.59 Å². The van der Waals surface area contributed by atoms with Crippen LogP contribution in [-0.2, 0) is 11.2 Å². The molecule has 2 aromatic heterocycles. The van der Waals surface area contributed by atoms with Crippen LogP contribution in [0.5, 0.6) is 0 Å². The maximum Gasteiger partial charge on any atom is 0.271 e. The molecule has 0 bridgehead atoms. The van der Waals surface area contributed by atoms with Gasteiger partial charge in [-0.2, -0.15) is 5.10 Å². The molecule has 3 heterocycles. The number of benzene rings is 1. The van der Waals surface area contributed by atoms with Gasteiger partial charge in [0.05, 0.1) is 5.92 Å². The van der Waals surface area contributed by atoms with E-state index in [4.69, 9.17) is 0 Å². The molecule has 6 nitrogen and oxygen atoms in total. The molecular formula is C23H24N4O2S. The predicted octanol–water partition coefficient (Wildman–Crippen LogP) is 3.47. The molecule has 30 heavy (non-hydrogen) atoms. The molecule has 1 atom stereocenters. The zero-order chi connectivity index (χ0) is 20.9. The third-order valence-electron chi connectivity index (χ3n) is 5.35. The van der Waals surface area contributed by atoms with Crippen LogP contribution in [-0.4, -0.2) is 58.0 Å². The fraction of sp³-hybridized carbons (Fsp3) is 0.261. The summed E-state index contributed by atoms with van der Waals surface area (Å²) in [6, 6.07) is 14.1. The van der Waals surface area contributed by atoms with Gasteiger partial charge in [0.2, 0.25) is 5.91 Å². The Kier molecular flexibility index (Phi) is 6.09. The highest BCUT2D eigenvalue weighted by Gasteiger charge is 2.32. The number of nitrogens with zero attached hydrogens (tertiary/aromatic N) is 3. The Bertz CT molecular complexity index is 997. The maximum absolute atomic E-state index is 13.2. The van der Waals surface area contributed by atoms with E-state index in [1.54, 1.807) is 39.5 Å². The van der Waals surface area contributed by atoms with Crippen molar-refractivity contribution in [3.05, 3.63) is 78.0 Å². The van der Waals surface area contributed by atoms with Crippen LogP contribution in [0, 0.1) is 5.92 Å². The van der Waals surface area contributed by atoms with E-state index in [0.29, 0.717) is 38.3 Å². The summed E-state index contributed by atoms with van der Waals surface area (Å²) < 4.78 is 0. The number of carbonyl (C=O) groups is 2. The van der Waals surface area contributed by atoms with Gasteiger partial charge in [-0.15, -0.1) is 17.9 Å². The third kappa shape index (κ3) is 4.36. The zero-order valence-electron chi connectivity index (χ0n) is 16.7. The van der Waals surface area contributed by atoms with Crippen molar-refractivity contribution in [3.8, 4) is 10.4 Å². The predicted molar refractivity (Wildman–Crippen MR) is 118 cm³/mol. The standard InChI is InChI=1S/C23H24N4O2S/c1-2-11-26-12-13-27(23(29)20-9-10-24-25-20)16-19(22(26)28)15-17-5-7-18(8-6-17)21-4-3-14-30-21/h2-10,14,19H,1,11-13,15-16H2,(H,24,25)/t19-/m1/s1. The molecule has 1 aromatic carbocycles. The smallest absolute Gasteiger partial charge is 0.271 e. The van der Waals surface area contributed by atoms with Crippen molar-refractivity contribution in [2.24, 2.45) is 5.92 Å². The molecule has 0 spiro atoms. The molecule has 7 heteroatoms. The molecule has 1 N–H and O–H groups in total. The van der Waals surface area contributed by atoms with Crippen molar-refractivity contribution in [3.63, 3.8) is 0 Å². The minimum Gasteiger partial charge on any atom is -0.337 e. The zero-order valence-corrected chi connectivity index (χ0v) is 17.5. The fourth-order valence-corrected chi connectivity index (χ4v) is 4.53. The highest BCUT2D eigenvalue weighted by molar-refractivity contribution is 7.13. The van der Waals surface area contributed by atoms with Gasteiger partial charge in [-0.05, 0) is 35.1 Å². The molecule has 2 amide bonds. The number of hydrogen-bond donors (Lipinski definition) is 1. The van der Waals surface area contributed by atoms with Crippen LogP contribution in [0.1, 0.15) is 16.1 Å². The lowest BCUT2D eigenvalue weighted by atomic mass is 9.96. The van der Waals surface area contributed by atoms with Gasteiger partial charge in [0.25, 0.3) is 5.91 Å². The van der Waals surface area contributed by atoms with Crippen LogP contribution in [0.2, 0.25) is 0 Å². The molecule has 0 aliphatic carbocycles. The SMILES string of the molecule is C=CCN1CCN(C(=O)c2ccn[nH]2)C[C@@H](Cc2ccc(-c3cccs3)cc2)C1=O. The minimum atomic E-state index is -0.299. The lowest BCUT2D eigenvalue weighted by molar-refractivity contribution is -0.134. The Morgan fingerprint density at radius 1 is 1.23 bits per heavy atom. The molecule has 1 aliphatic heterocycles. The maximum atomic E-state index is 13.2. The number of hydrogen-bond acceptors (Lipinski definition) is 4. The van der Waals surface area contributed by atoms with Gasteiger partial charge in [-0.25, -0.2) is 0 Å². The van der Waals surface area contributed by atoms with Crippen LogP contribution < -0.4 is 0 Å². The van der Waals surface area contributed by atoms with E-state index in [2.05, 4.69) is 52.5 Å². The van der Waals surface area contributed by atoms with E-state index in [1.807, 2.05) is 6.07 Å². The Labute approximate surface area is 179 Å². The minimum absolute atomic E-state index is 0.0668. The summed E-state index contributed by atoms with van der Waals surface area (Å²) in [7, 11) is 0. The van der Waals surface area contributed by atoms with E-state index in [0.717, 1.165) is 5.56 Å². The van der Waals surface area contributed by atoms with E-state index in [1.165, 1.54) is 10.4 Å². The Hall–Kier alpha value is -3.19. The van der Waals surface area contributed by atoms with E-state index >= 15 is 0 Å². The molecule has 3 aromatic rings. The van der Waals surface area contributed by atoms with Gasteiger partial charge in [-0.1, -0.05) is 36.4 Å². The second-order valence-electron chi connectivity index (χ2n) is 7.37. The van der Waals surface area contributed by atoms with Gasteiger partial charge in [0.1, 0.15) is 5.69 Å². The fourth-order valence-electron chi connectivity index (χ4n) is 3.80. The van der Waals surface area contributed by atoms with Gasteiger partial charge in [0.15, 0.2) is 0 Å². The number of aromatic nitrogens is 2. The largest absolute Gasteiger partial charge is 0.337 e. The van der Waals surface area contributed by atoms with Crippen molar-refractivity contribution < 1.29 is 9.59 Å². The summed E-state index contributed by atoms with van der Waals surface area (Å²) in [6.07, 6.45) is 3.88. The van der Waals surface area contributed by atoms with Gasteiger partial charge in [-0.3, -0.25) is 14.7 Å². The van der Waals surface area contributed by atoms with E-state index < -0.39 is 0 Å². The summed E-state index contributed by atoms with van der Waals surface area (Å²) in [5.41, 5.74) is 2.70. The molecule has 4 rings (SSSR count). The summed E-state index contributed by atoms with van der Waals surface area (Å²) >= 11 is 1.71. The van der Waals surface area contributed by atoms with Crippen molar-refractivity contribution in [1.82, 2.24) is 20.0 Å². The first-order chi connectivity index (χ1) is 14.7. The third-order valence-corrected chi connectivity index (χ3v) is 6.27. The topological polar surface area (TPSA) is 69.3 Å². The Balaban J connectivity index is 1.54. The number of rotatable bonds is 6. The van der Waals surface area contributed by atoms with Crippen molar-refractivity contribution in [1.29, 1.82) is 0 Å². The molecule has 1 fully saturated rings. The first kappa shape index (κ1) is 20.1. The summed E-state index contributed by atoms with van der Waals surface area (Å²) in [4.78, 5) is 30.8. The number of amides is 2. The lowest BCUT2D eigenvalue weighted by Gasteiger charge is -2.23. The van der Waals surface area contributed by atoms with Crippen LogP contribution in [0.4, 0.5) is 0 Å². The highest BCUT2D eigenvalue weighted by atomic mass is 32.1. The second-order valence-corrected chi connectivity index (χ2v) is 8.32. The quantitative estimate of drug-likeness (QED) is 0.621. The summed E-state index contributed by atoms with van der Waals surface area (Å²) in [6.45, 7) is 5.63. The molecule has 0 unspecified atom stereocenters. The van der Waals surface area contributed by atoms with E-state index in [-0.39, 0.29) is 17.7 Å². The van der Waals surface area contributed by atoms with Crippen molar-refractivity contribution in [2.75, 3.05) is 26.2 Å². The number of aromatic amines is 1. The van der Waals surface area contributed by atoms with Crippen LogP contribution in [0.15, 0.2) is 66.7 Å². The molecule has 154 valence electrons. The van der Waals surface area contributed by atoms with Crippen LogP contribution >= 0.6 is 11.3 Å². The number of H-pyrrole nitrogens is 1. The van der Waals surface area contributed by atoms with Crippen molar-refractivity contribution in [2.45, 2.75) is 6.42 Å². The monoisotopic (exact) mass is 420 g/mol. The Morgan fingerprint density at radius 3 is 2.73 bits per heavy atom. The Morgan fingerprint density at radius 2 is 2.07 bits per heavy atom. The molecule has 1 saturated heterocycles. The van der Waals surface area contributed by atoms with Crippen LogP contribution in [0.25, 0.3) is 10.4 Å². The average Bonchev–Trinajstić information content (AvgIpc) is 3.46. The molecule has 1 aliphatic rings. The first-order valence-corrected chi connectivity index (χ1v) is 10.8. The number of carbonyl (C=O) groups excluding carboxylic acids is 2. The molecule has 0 radical (unpaired) electrons. The molecular weight excluding hydrogens is 396 g/mol. The number of thiophene rings is 1. The van der Waals surface area contributed by atoms with Crippen molar-refractivity contribution >= 4 is 23.2 Å². The highest BCUT2D eigenvalue weighted by Crippen LogP contribution is 2.26. The average molecular weight is 421 g/mol. The first-order valence-electron chi connectivity index (χ1n) is 9.97. The number of nitrogens with one attached hydrogen (secondary N) is 1. The summed E-state index contributed by atoms with van der Waals surface area (Å²) in [5.74, 6) is -0.358. The lowest BCUT2D eigenvalue weighted by Crippen LogP contribution is -2.38. The summed E-state index contributed by atoms with van der Waals surface area (Å²) in [5, 5.41) is 8.67. The second kappa shape index (κ2) is 9.09. The normalized spacial score (nSPS) is 17.1. The van der Waals surface area contributed by atoms with Gasteiger partial charge >= 0.3 is 0 Å². The molecule has 0 saturated carbocycles. The van der Waals surface area contributed by atoms with Gasteiger partial charge < -0.3 is 9.80 Å². The van der Waals surface area contributed by atoms with Crippen LogP contribution in [0.3, 0.4) is 0 Å².